The lowest BCUT2D eigenvalue weighted by molar-refractivity contribution is -0.384. The zero-order valence-corrected chi connectivity index (χ0v) is 10.8. The molecule has 0 fully saturated rings. The average Bonchev–Trinajstić information content (AvgIpc) is 2.81. The van der Waals surface area contributed by atoms with Crippen molar-refractivity contribution in [3.63, 3.8) is 0 Å². The first-order valence-electron chi connectivity index (χ1n) is 6.57. The van der Waals surface area contributed by atoms with Crippen molar-refractivity contribution >= 4 is 16.6 Å². The number of hydrogen-bond donors (Lipinski definition) is 2. The Bertz CT molecular complexity index is 563. The number of nitrogens with one attached hydrogen (secondary N) is 1. The van der Waals surface area contributed by atoms with Crippen molar-refractivity contribution < 1.29 is 10.0 Å². The first kappa shape index (κ1) is 13.5. The molecule has 0 amide bonds. The van der Waals surface area contributed by atoms with Crippen molar-refractivity contribution in [2.75, 3.05) is 6.61 Å². The summed E-state index contributed by atoms with van der Waals surface area (Å²) >= 11 is 0. The Balaban J connectivity index is 2.06. The molecule has 0 unspecified atom stereocenters. The molecule has 2 rings (SSSR count). The number of hydrogen-bond acceptors (Lipinski definition) is 3. The van der Waals surface area contributed by atoms with Crippen molar-refractivity contribution in [2.24, 2.45) is 0 Å². The number of rotatable bonds is 7. The van der Waals surface area contributed by atoms with Crippen LogP contribution in [0.3, 0.4) is 0 Å². The van der Waals surface area contributed by atoms with Gasteiger partial charge in [0.1, 0.15) is 0 Å². The SMILES string of the molecule is O=[N+]([O-])c1ccc2[nH]cc(CCCCCCO)c2c1. The molecular formula is C14H18N2O3. The van der Waals surface area contributed by atoms with E-state index >= 15 is 0 Å². The van der Waals surface area contributed by atoms with E-state index in [1.165, 1.54) is 6.07 Å². The highest BCUT2D eigenvalue weighted by Gasteiger charge is 2.10. The molecule has 0 radical (unpaired) electrons. The summed E-state index contributed by atoms with van der Waals surface area (Å²) in [6.45, 7) is 0.249. The number of aliphatic hydroxyl groups excluding tert-OH is 1. The highest BCUT2D eigenvalue weighted by Crippen LogP contribution is 2.24. The van der Waals surface area contributed by atoms with Gasteiger partial charge in [0, 0.05) is 35.8 Å². The minimum absolute atomic E-state index is 0.133. The van der Waals surface area contributed by atoms with Crippen LogP contribution in [0.5, 0.6) is 0 Å². The van der Waals surface area contributed by atoms with Gasteiger partial charge >= 0.3 is 0 Å². The van der Waals surface area contributed by atoms with Crippen LogP contribution in [0.2, 0.25) is 0 Å². The van der Waals surface area contributed by atoms with Gasteiger partial charge in [-0.3, -0.25) is 10.1 Å². The maximum Gasteiger partial charge on any atom is 0.270 e. The number of fused-ring (bicyclic) bond motifs is 1. The first-order valence-corrected chi connectivity index (χ1v) is 6.57. The molecule has 102 valence electrons. The van der Waals surface area contributed by atoms with E-state index < -0.39 is 0 Å². The number of aliphatic hydroxyl groups is 1. The van der Waals surface area contributed by atoms with E-state index in [0.29, 0.717) is 0 Å². The van der Waals surface area contributed by atoms with Gasteiger partial charge in [-0.25, -0.2) is 0 Å². The van der Waals surface area contributed by atoms with Gasteiger partial charge in [-0.1, -0.05) is 12.8 Å². The molecule has 19 heavy (non-hydrogen) atoms. The van der Waals surface area contributed by atoms with Crippen LogP contribution in [-0.4, -0.2) is 21.6 Å². The van der Waals surface area contributed by atoms with Crippen LogP contribution in [0.1, 0.15) is 31.2 Å². The molecule has 0 saturated carbocycles. The fourth-order valence-corrected chi connectivity index (χ4v) is 2.27. The summed E-state index contributed by atoms with van der Waals surface area (Å²) in [7, 11) is 0. The molecule has 1 aromatic carbocycles. The van der Waals surface area contributed by atoms with Gasteiger partial charge < -0.3 is 10.1 Å². The number of non-ortho nitro benzene ring substituents is 1. The van der Waals surface area contributed by atoms with Crippen molar-refractivity contribution in [3.05, 3.63) is 40.1 Å². The Morgan fingerprint density at radius 1 is 1.21 bits per heavy atom. The molecule has 1 heterocycles. The van der Waals surface area contributed by atoms with E-state index in [1.807, 2.05) is 6.20 Å². The number of aromatic nitrogens is 1. The molecule has 0 saturated heterocycles. The number of aryl methyl sites for hydroxylation is 1. The molecule has 2 aromatic rings. The third-order valence-corrected chi connectivity index (χ3v) is 3.32. The summed E-state index contributed by atoms with van der Waals surface area (Å²) in [5.74, 6) is 0. The summed E-state index contributed by atoms with van der Waals surface area (Å²) in [5.41, 5.74) is 2.20. The van der Waals surface area contributed by atoms with Crippen LogP contribution >= 0.6 is 0 Å². The molecule has 5 nitrogen and oxygen atoms in total. The van der Waals surface area contributed by atoms with Gasteiger partial charge in [0.25, 0.3) is 5.69 Å². The Morgan fingerprint density at radius 3 is 2.74 bits per heavy atom. The standard InChI is InChI=1S/C14H18N2O3/c17-8-4-2-1-3-5-11-10-15-14-7-6-12(16(18)19)9-13(11)14/h6-7,9-10,15,17H,1-5,8H2. The Morgan fingerprint density at radius 2 is 2.00 bits per heavy atom. The number of nitrogens with zero attached hydrogens (tertiary/aromatic N) is 1. The molecule has 0 atom stereocenters. The Kier molecular flexibility index (Phi) is 4.52. The molecule has 0 aliphatic carbocycles. The smallest absolute Gasteiger partial charge is 0.270 e. The normalized spacial score (nSPS) is 11.0. The van der Waals surface area contributed by atoms with Crippen LogP contribution in [0.15, 0.2) is 24.4 Å². The second-order valence-corrected chi connectivity index (χ2v) is 4.69. The van der Waals surface area contributed by atoms with Crippen molar-refractivity contribution in [3.8, 4) is 0 Å². The van der Waals surface area contributed by atoms with Gasteiger partial charge in [0.15, 0.2) is 0 Å². The predicted molar refractivity (Wildman–Crippen MR) is 74.2 cm³/mol. The van der Waals surface area contributed by atoms with E-state index in [9.17, 15) is 10.1 Å². The maximum atomic E-state index is 10.8. The monoisotopic (exact) mass is 262 g/mol. The number of H-pyrrole nitrogens is 1. The first-order chi connectivity index (χ1) is 9.22. The molecule has 0 spiro atoms. The van der Waals surface area contributed by atoms with Gasteiger partial charge in [-0.15, -0.1) is 0 Å². The fourth-order valence-electron chi connectivity index (χ4n) is 2.27. The van der Waals surface area contributed by atoms with E-state index in [0.717, 1.165) is 48.6 Å². The summed E-state index contributed by atoms with van der Waals surface area (Å²) in [4.78, 5) is 13.6. The van der Waals surface area contributed by atoms with Crippen LogP contribution in [0.25, 0.3) is 10.9 Å². The third kappa shape index (κ3) is 3.32. The third-order valence-electron chi connectivity index (χ3n) is 3.32. The minimum Gasteiger partial charge on any atom is -0.396 e. The number of unbranched alkanes of at least 4 members (excludes halogenated alkanes) is 3. The number of nitro groups is 1. The molecule has 0 aliphatic rings. The molecule has 0 bridgehead atoms. The average molecular weight is 262 g/mol. The number of aromatic amines is 1. The maximum absolute atomic E-state index is 10.8. The van der Waals surface area contributed by atoms with Gasteiger partial charge in [0.2, 0.25) is 0 Å². The highest BCUT2D eigenvalue weighted by atomic mass is 16.6. The molecule has 0 aliphatic heterocycles. The van der Waals surface area contributed by atoms with Crippen LogP contribution in [-0.2, 0) is 6.42 Å². The topological polar surface area (TPSA) is 79.2 Å². The van der Waals surface area contributed by atoms with Crippen LogP contribution in [0, 0.1) is 10.1 Å². The van der Waals surface area contributed by atoms with E-state index in [2.05, 4.69) is 4.98 Å². The lowest BCUT2D eigenvalue weighted by Gasteiger charge is -2.00. The summed E-state index contributed by atoms with van der Waals surface area (Å²) < 4.78 is 0. The predicted octanol–water partition coefficient (Wildman–Crippen LogP) is 3.17. The van der Waals surface area contributed by atoms with Gasteiger partial charge in [-0.2, -0.15) is 0 Å². The summed E-state index contributed by atoms with van der Waals surface area (Å²) in [5, 5.41) is 20.4. The number of nitro benzene ring substituents is 1. The molecule has 1 aromatic heterocycles. The molecular weight excluding hydrogens is 244 g/mol. The van der Waals surface area contributed by atoms with E-state index in [4.69, 9.17) is 5.11 Å². The number of benzene rings is 1. The Labute approximate surface area is 111 Å². The largest absolute Gasteiger partial charge is 0.396 e. The molecule has 5 heteroatoms. The van der Waals surface area contributed by atoms with E-state index in [1.54, 1.807) is 12.1 Å². The highest BCUT2D eigenvalue weighted by molar-refractivity contribution is 5.85. The minimum atomic E-state index is -0.364. The van der Waals surface area contributed by atoms with Gasteiger partial charge in [-0.05, 0) is 30.9 Å². The second-order valence-electron chi connectivity index (χ2n) is 4.69. The second kappa shape index (κ2) is 6.33. The quantitative estimate of drug-likeness (QED) is 0.457. The lowest BCUT2D eigenvalue weighted by Crippen LogP contribution is -1.89. The summed E-state index contributed by atoms with van der Waals surface area (Å²) in [6, 6.07) is 4.90. The van der Waals surface area contributed by atoms with Crippen LogP contribution < -0.4 is 0 Å². The molecule has 2 N–H and O–H groups in total. The zero-order chi connectivity index (χ0) is 13.7. The lowest BCUT2D eigenvalue weighted by atomic mass is 10.1. The zero-order valence-electron chi connectivity index (χ0n) is 10.8. The summed E-state index contributed by atoms with van der Waals surface area (Å²) in [6.07, 6.45) is 6.82. The Hall–Kier alpha value is -1.88. The van der Waals surface area contributed by atoms with Crippen LogP contribution in [0.4, 0.5) is 5.69 Å². The van der Waals surface area contributed by atoms with E-state index in [-0.39, 0.29) is 17.2 Å². The van der Waals surface area contributed by atoms with Crippen molar-refractivity contribution in [2.45, 2.75) is 32.1 Å². The van der Waals surface area contributed by atoms with Crippen molar-refractivity contribution in [1.29, 1.82) is 0 Å². The fraction of sp³-hybridized carbons (Fsp3) is 0.429. The van der Waals surface area contributed by atoms with Gasteiger partial charge in [0.05, 0.1) is 4.92 Å². The van der Waals surface area contributed by atoms with Crippen molar-refractivity contribution in [1.82, 2.24) is 4.98 Å².